The second kappa shape index (κ2) is 6.35. The molecule has 0 aliphatic carbocycles. The van der Waals surface area contributed by atoms with Crippen LogP contribution >= 0.6 is 11.6 Å². The van der Waals surface area contributed by atoms with Crippen molar-refractivity contribution in [3.05, 3.63) is 29.8 Å². The molecule has 1 rings (SSSR count). The molecule has 1 unspecified atom stereocenters. The number of carboxylic acid groups (broad SMARTS) is 1. The van der Waals surface area contributed by atoms with E-state index in [1.165, 1.54) is 0 Å². The SMILES string of the molecule is COc1cccc(COCC(Cl)C(=O)O)c1. The highest BCUT2D eigenvalue weighted by Gasteiger charge is 2.13. The summed E-state index contributed by atoms with van der Waals surface area (Å²) in [5.74, 6) is -0.339. The van der Waals surface area contributed by atoms with Gasteiger partial charge in [-0.1, -0.05) is 12.1 Å². The van der Waals surface area contributed by atoms with Crippen LogP contribution < -0.4 is 4.74 Å². The number of halogens is 1. The smallest absolute Gasteiger partial charge is 0.324 e. The number of carboxylic acids is 1. The van der Waals surface area contributed by atoms with Crippen LogP contribution in [0.1, 0.15) is 5.56 Å². The predicted octanol–water partition coefficient (Wildman–Crippen LogP) is 1.90. The summed E-state index contributed by atoms with van der Waals surface area (Å²) in [5.41, 5.74) is 0.911. The lowest BCUT2D eigenvalue weighted by atomic mass is 10.2. The Kier molecular flexibility index (Phi) is 5.08. The van der Waals surface area contributed by atoms with Gasteiger partial charge in [0.15, 0.2) is 5.38 Å². The Balaban J connectivity index is 2.39. The van der Waals surface area contributed by atoms with Crippen molar-refractivity contribution in [3.8, 4) is 5.75 Å². The molecular formula is C11H13ClO4. The first-order valence-electron chi connectivity index (χ1n) is 4.71. The molecule has 5 heteroatoms. The van der Waals surface area contributed by atoms with E-state index < -0.39 is 11.3 Å². The molecule has 1 aromatic carbocycles. The summed E-state index contributed by atoms with van der Waals surface area (Å²) in [7, 11) is 1.58. The summed E-state index contributed by atoms with van der Waals surface area (Å²) in [6.07, 6.45) is 0. The standard InChI is InChI=1S/C11H13ClO4/c1-15-9-4-2-3-8(5-9)6-16-7-10(12)11(13)14/h2-5,10H,6-7H2,1H3,(H,13,14). The first-order valence-corrected chi connectivity index (χ1v) is 5.14. The van der Waals surface area contributed by atoms with Crippen LogP contribution in [-0.4, -0.2) is 30.2 Å². The molecule has 0 saturated carbocycles. The van der Waals surface area contributed by atoms with Gasteiger partial charge in [0, 0.05) is 0 Å². The third kappa shape index (κ3) is 4.08. The van der Waals surface area contributed by atoms with Crippen LogP contribution in [0.2, 0.25) is 0 Å². The average Bonchev–Trinajstić information content (AvgIpc) is 2.29. The second-order valence-corrected chi connectivity index (χ2v) is 3.70. The molecule has 0 aliphatic heterocycles. The maximum atomic E-state index is 10.4. The van der Waals surface area contributed by atoms with Gasteiger partial charge >= 0.3 is 5.97 Å². The monoisotopic (exact) mass is 244 g/mol. The molecular weight excluding hydrogens is 232 g/mol. The normalized spacial score (nSPS) is 12.1. The Labute approximate surface area is 98.7 Å². The van der Waals surface area contributed by atoms with Gasteiger partial charge in [-0.05, 0) is 17.7 Å². The Morgan fingerprint density at radius 3 is 2.94 bits per heavy atom. The summed E-state index contributed by atoms with van der Waals surface area (Å²) < 4.78 is 10.2. The Morgan fingerprint density at radius 1 is 1.56 bits per heavy atom. The van der Waals surface area contributed by atoms with E-state index in [-0.39, 0.29) is 6.61 Å². The molecule has 0 bridgehead atoms. The van der Waals surface area contributed by atoms with Gasteiger partial charge < -0.3 is 14.6 Å². The number of aliphatic carboxylic acids is 1. The third-order valence-electron chi connectivity index (χ3n) is 1.94. The van der Waals surface area contributed by atoms with Gasteiger partial charge in [0.05, 0.1) is 20.3 Å². The zero-order valence-corrected chi connectivity index (χ0v) is 9.61. The highest BCUT2D eigenvalue weighted by atomic mass is 35.5. The van der Waals surface area contributed by atoms with E-state index in [2.05, 4.69) is 0 Å². The van der Waals surface area contributed by atoms with Crippen molar-refractivity contribution in [2.75, 3.05) is 13.7 Å². The van der Waals surface area contributed by atoms with Gasteiger partial charge in [0.25, 0.3) is 0 Å². The molecule has 1 aromatic rings. The van der Waals surface area contributed by atoms with E-state index >= 15 is 0 Å². The Hall–Kier alpha value is -1.26. The quantitative estimate of drug-likeness (QED) is 0.777. The van der Waals surface area contributed by atoms with Gasteiger partial charge in [0.1, 0.15) is 5.75 Å². The highest BCUT2D eigenvalue weighted by Crippen LogP contribution is 2.13. The summed E-state index contributed by atoms with van der Waals surface area (Å²) in [5, 5.41) is 7.52. The van der Waals surface area contributed by atoms with Crippen molar-refractivity contribution in [3.63, 3.8) is 0 Å². The molecule has 0 heterocycles. The topological polar surface area (TPSA) is 55.8 Å². The number of methoxy groups -OCH3 is 1. The molecule has 0 aliphatic rings. The number of carbonyl (C=O) groups is 1. The summed E-state index contributed by atoms with van der Waals surface area (Å²) >= 11 is 5.49. The minimum Gasteiger partial charge on any atom is -0.497 e. The van der Waals surface area contributed by atoms with Crippen molar-refractivity contribution in [2.45, 2.75) is 12.0 Å². The lowest BCUT2D eigenvalue weighted by Gasteiger charge is -2.07. The summed E-state index contributed by atoms with van der Waals surface area (Å²) in [6.45, 7) is 0.293. The first kappa shape index (κ1) is 12.8. The lowest BCUT2D eigenvalue weighted by Crippen LogP contribution is -2.19. The Bertz CT molecular complexity index is 354. The molecule has 1 N–H and O–H groups in total. The summed E-state index contributed by atoms with van der Waals surface area (Å²) in [4.78, 5) is 10.4. The minimum atomic E-state index is -1.08. The first-order chi connectivity index (χ1) is 7.63. The predicted molar refractivity (Wildman–Crippen MR) is 59.9 cm³/mol. The average molecular weight is 245 g/mol. The highest BCUT2D eigenvalue weighted by molar-refractivity contribution is 6.29. The van der Waals surface area contributed by atoms with Crippen LogP contribution in [0.4, 0.5) is 0 Å². The molecule has 0 spiro atoms. The van der Waals surface area contributed by atoms with Crippen molar-refractivity contribution < 1.29 is 19.4 Å². The molecule has 1 atom stereocenters. The number of alkyl halides is 1. The van der Waals surface area contributed by atoms with E-state index in [1.54, 1.807) is 7.11 Å². The molecule has 4 nitrogen and oxygen atoms in total. The number of hydrogen-bond donors (Lipinski definition) is 1. The van der Waals surface area contributed by atoms with Crippen LogP contribution in [0.15, 0.2) is 24.3 Å². The molecule has 88 valence electrons. The number of hydrogen-bond acceptors (Lipinski definition) is 3. The molecule has 0 fully saturated rings. The van der Waals surface area contributed by atoms with E-state index in [1.807, 2.05) is 24.3 Å². The van der Waals surface area contributed by atoms with Crippen LogP contribution in [-0.2, 0) is 16.1 Å². The van der Waals surface area contributed by atoms with Gasteiger partial charge in [-0.2, -0.15) is 0 Å². The third-order valence-corrected chi connectivity index (χ3v) is 2.25. The lowest BCUT2D eigenvalue weighted by molar-refractivity contribution is -0.137. The van der Waals surface area contributed by atoms with Crippen LogP contribution in [0, 0.1) is 0 Å². The van der Waals surface area contributed by atoms with E-state index in [4.69, 9.17) is 26.2 Å². The molecule has 0 amide bonds. The van der Waals surface area contributed by atoms with Gasteiger partial charge in [-0.25, -0.2) is 0 Å². The van der Waals surface area contributed by atoms with E-state index in [0.717, 1.165) is 11.3 Å². The maximum absolute atomic E-state index is 10.4. The minimum absolute atomic E-state index is 0.0197. The van der Waals surface area contributed by atoms with Crippen molar-refractivity contribution in [2.24, 2.45) is 0 Å². The zero-order valence-electron chi connectivity index (χ0n) is 8.85. The fourth-order valence-electron chi connectivity index (χ4n) is 1.11. The Morgan fingerprint density at radius 2 is 2.31 bits per heavy atom. The van der Waals surface area contributed by atoms with Gasteiger partial charge in [0.2, 0.25) is 0 Å². The molecule has 16 heavy (non-hydrogen) atoms. The van der Waals surface area contributed by atoms with Crippen LogP contribution in [0.5, 0.6) is 5.75 Å². The number of rotatable bonds is 6. The van der Waals surface area contributed by atoms with E-state index in [9.17, 15) is 4.79 Å². The van der Waals surface area contributed by atoms with Gasteiger partial charge in [-0.3, -0.25) is 4.79 Å². The maximum Gasteiger partial charge on any atom is 0.324 e. The molecule has 0 saturated heterocycles. The molecule has 0 aromatic heterocycles. The second-order valence-electron chi connectivity index (χ2n) is 3.17. The van der Waals surface area contributed by atoms with Crippen molar-refractivity contribution in [1.29, 1.82) is 0 Å². The fourth-order valence-corrected chi connectivity index (χ4v) is 1.20. The van der Waals surface area contributed by atoms with Crippen LogP contribution in [0.3, 0.4) is 0 Å². The van der Waals surface area contributed by atoms with Gasteiger partial charge in [-0.15, -0.1) is 11.6 Å². The fraction of sp³-hybridized carbons (Fsp3) is 0.364. The van der Waals surface area contributed by atoms with Crippen molar-refractivity contribution >= 4 is 17.6 Å². The van der Waals surface area contributed by atoms with E-state index in [0.29, 0.717) is 6.61 Å². The summed E-state index contributed by atoms with van der Waals surface area (Å²) in [6, 6.07) is 7.36. The zero-order chi connectivity index (χ0) is 12.0. The van der Waals surface area contributed by atoms with Crippen LogP contribution in [0.25, 0.3) is 0 Å². The molecule has 0 radical (unpaired) electrons. The van der Waals surface area contributed by atoms with Crippen molar-refractivity contribution in [1.82, 2.24) is 0 Å². The largest absolute Gasteiger partial charge is 0.497 e. The number of benzene rings is 1. The number of ether oxygens (including phenoxy) is 2.